The summed E-state index contributed by atoms with van der Waals surface area (Å²) in [5.41, 5.74) is -0.0565. The van der Waals surface area contributed by atoms with Gasteiger partial charge >= 0.3 is 0 Å². The van der Waals surface area contributed by atoms with Crippen LogP contribution in [0.25, 0.3) is 0 Å². The Morgan fingerprint density at radius 3 is 2.15 bits per heavy atom. The Morgan fingerprint density at radius 2 is 1.69 bits per heavy atom. The number of hydrogen-bond donors (Lipinski definition) is 0. The summed E-state index contributed by atoms with van der Waals surface area (Å²) in [6.45, 7) is 6.09. The van der Waals surface area contributed by atoms with Gasteiger partial charge in [-0.1, -0.05) is 0 Å². The van der Waals surface area contributed by atoms with E-state index in [2.05, 4.69) is 4.72 Å². The van der Waals surface area contributed by atoms with Crippen LogP contribution in [0.5, 0.6) is 0 Å². The fourth-order valence-corrected chi connectivity index (χ4v) is 1.32. The van der Waals surface area contributed by atoms with Crippen LogP contribution in [0.4, 0.5) is 4.39 Å². The molecule has 0 unspecified atom stereocenters. The molecule has 0 atom stereocenters. The van der Waals surface area contributed by atoms with Crippen molar-refractivity contribution >= 4 is 11.9 Å². The van der Waals surface area contributed by atoms with Crippen LogP contribution in [0.2, 0.25) is 0 Å². The number of benzene rings is 1. The van der Waals surface area contributed by atoms with E-state index in [0.29, 0.717) is 0 Å². The van der Waals surface area contributed by atoms with Gasteiger partial charge in [0.15, 0.2) is 0 Å². The zero-order valence-electron chi connectivity index (χ0n) is 8.04. The van der Waals surface area contributed by atoms with Crippen molar-refractivity contribution in [1.82, 2.24) is 4.72 Å². The molecule has 0 saturated heterocycles. The first-order chi connectivity index (χ1) is 5.97. The fraction of sp³-hybridized carbons (Fsp3) is 0.400. The lowest BCUT2D eigenvalue weighted by molar-refractivity contribution is 0.527. The molecule has 0 aliphatic carbocycles. The van der Waals surface area contributed by atoms with E-state index in [4.69, 9.17) is 0 Å². The molecule has 0 amide bonds. The summed E-state index contributed by atoms with van der Waals surface area (Å²) >= 11 is 1.39. The second kappa shape index (κ2) is 4.11. The minimum atomic E-state index is -0.208. The second-order valence-corrected chi connectivity index (χ2v) is 4.64. The van der Waals surface area contributed by atoms with E-state index in [9.17, 15) is 4.39 Å². The lowest BCUT2D eigenvalue weighted by Gasteiger charge is -2.16. The van der Waals surface area contributed by atoms with Gasteiger partial charge in [0.05, 0.1) is 0 Å². The molecule has 13 heavy (non-hydrogen) atoms. The molecule has 0 heterocycles. The van der Waals surface area contributed by atoms with Gasteiger partial charge in [0.1, 0.15) is 5.82 Å². The van der Waals surface area contributed by atoms with Crippen LogP contribution in [-0.2, 0) is 0 Å². The molecule has 3 heteroatoms. The molecule has 71 valence electrons. The highest BCUT2D eigenvalue weighted by Gasteiger charge is 2.11. The standard InChI is InChI=1S/C10H13FNS/c1-10(2,3)12-13-9-6-4-8(11)5-7-9/h4-7H,1-3H3. The summed E-state index contributed by atoms with van der Waals surface area (Å²) in [5.74, 6) is -0.208. The molecule has 1 aromatic carbocycles. The van der Waals surface area contributed by atoms with E-state index in [1.54, 1.807) is 12.1 Å². The lowest BCUT2D eigenvalue weighted by Crippen LogP contribution is -2.23. The molecule has 1 radical (unpaired) electrons. The molecule has 0 fully saturated rings. The summed E-state index contributed by atoms with van der Waals surface area (Å²) in [6.07, 6.45) is 0. The van der Waals surface area contributed by atoms with Crippen molar-refractivity contribution < 1.29 is 4.39 Å². The molecule has 0 saturated carbocycles. The first kappa shape index (κ1) is 10.5. The Morgan fingerprint density at radius 1 is 1.15 bits per heavy atom. The third-order valence-electron chi connectivity index (χ3n) is 1.24. The number of rotatable bonds is 2. The summed E-state index contributed by atoms with van der Waals surface area (Å²) in [5, 5.41) is 0. The Kier molecular flexibility index (Phi) is 3.33. The third-order valence-corrected chi connectivity index (χ3v) is 2.36. The summed E-state index contributed by atoms with van der Waals surface area (Å²) < 4.78 is 16.9. The van der Waals surface area contributed by atoms with Gasteiger partial charge in [0.2, 0.25) is 0 Å². The monoisotopic (exact) mass is 198 g/mol. The van der Waals surface area contributed by atoms with Crippen LogP contribution in [0.1, 0.15) is 20.8 Å². The van der Waals surface area contributed by atoms with Gasteiger partial charge < -0.3 is 0 Å². The molecule has 0 N–H and O–H groups in total. The lowest BCUT2D eigenvalue weighted by atomic mass is 10.1. The van der Waals surface area contributed by atoms with Crippen molar-refractivity contribution in [2.45, 2.75) is 31.2 Å². The first-order valence-corrected chi connectivity index (χ1v) is 4.89. The maximum Gasteiger partial charge on any atom is 0.123 e. The minimum Gasteiger partial charge on any atom is -0.207 e. The van der Waals surface area contributed by atoms with Gasteiger partial charge in [-0.3, -0.25) is 0 Å². The Balaban J connectivity index is 2.51. The predicted octanol–water partition coefficient (Wildman–Crippen LogP) is 3.24. The van der Waals surface area contributed by atoms with E-state index < -0.39 is 0 Å². The maximum atomic E-state index is 12.5. The first-order valence-electron chi connectivity index (χ1n) is 4.12. The SMILES string of the molecule is CC(C)(C)[N]Sc1ccc(F)cc1. The van der Waals surface area contributed by atoms with Crippen LogP contribution in [0.3, 0.4) is 0 Å². The molecular weight excluding hydrogens is 185 g/mol. The summed E-state index contributed by atoms with van der Waals surface area (Å²) in [7, 11) is 0. The van der Waals surface area contributed by atoms with E-state index in [-0.39, 0.29) is 11.4 Å². The largest absolute Gasteiger partial charge is 0.207 e. The zero-order valence-corrected chi connectivity index (χ0v) is 8.86. The second-order valence-electron chi connectivity index (χ2n) is 3.81. The minimum absolute atomic E-state index is 0.0565. The van der Waals surface area contributed by atoms with Crippen molar-refractivity contribution in [1.29, 1.82) is 0 Å². The molecule has 1 nitrogen and oxygen atoms in total. The van der Waals surface area contributed by atoms with E-state index in [0.717, 1.165) is 4.90 Å². The van der Waals surface area contributed by atoms with Crippen LogP contribution >= 0.6 is 11.9 Å². The average Bonchev–Trinajstić information content (AvgIpc) is 2.02. The topological polar surface area (TPSA) is 14.1 Å². The molecule has 1 aromatic rings. The Labute approximate surface area is 82.9 Å². The molecule has 0 aliphatic heterocycles. The van der Waals surface area contributed by atoms with Crippen LogP contribution in [0.15, 0.2) is 29.2 Å². The van der Waals surface area contributed by atoms with Crippen LogP contribution < -0.4 is 4.72 Å². The smallest absolute Gasteiger partial charge is 0.123 e. The normalized spacial score (nSPS) is 11.7. The van der Waals surface area contributed by atoms with Crippen molar-refractivity contribution in [2.24, 2.45) is 0 Å². The molecule has 0 spiro atoms. The fourth-order valence-electron chi connectivity index (χ4n) is 0.685. The molecule has 0 aliphatic rings. The van der Waals surface area contributed by atoms with Gasteiger partial charge in [0, 0.05) is 10.4 Å². The predicted molar refractivity (Wildman–Crippen MR) is 54.1 cm³/mol. The molecular formula is C10H13FNS. The summed E-state index contributed by atoms with van der Waals surface area (Å²) in [4.78, 5) is 0.969. The molecule has 1 rings (SSSR count). The molecule has 0 aromatic heterocycles. The quantitative estimate of drug-likeness (QED) is 0.665. The van der Waals surface area contributed by atoms with Crippen molar-refractivity contribution in [3.05, 3.63) is 30.1 Å². The molecule has 0 bridgehead atoms. The maximum absolute atomic E-state index is 12.5. The van der Waals surface area contributed by atoms with Gasteiger partial charge in [-0.15, -0.1) is 0 Å². The van der Waals surface area contributed by atoms with E-state index in [1.807, 2.05) is 20.8 Å². The Hall–Kier alpha value is -0.540. The van der Waals surface area contributed by atoms with Gasteiger partial charge in [-0.05, 0) is 57.0 Å². The van der Waals surface area contributed by atoms with Gasteiger partial charge in [0.25, 0.3) is 0 Å². The van der Waals surface area contributed by atoms with E-state index in [1.165, 1.54) is 24.1 Å². The summed E-state index contributed by atoms with van der Waals surface area (Å²) in [6, 6.07) is 6.35. The highest BCUT2D eigenvalue weighted by Crippen LogP contribution is 2.20. The van der Waals surface area contributed by atoms with Crippen LogP contribution in [-0.4, -0.2) is 5.54 Å². The van der Waals surface area contributed by atoms with Crippen LogP contribution in [0, 0.1) is 5.82 Å². The number of halogens is 1. The average molecular weight is 198 g/mol. The van der Waals surface area contributed by atoms with Gasteiger partial charge in [-0.25, -0.2) is 4.39 Å². The third kappa shape index (κ3) is 4.29. The highest BCUT2D eigenvalue weighted by molar-refractivity contribution is 7.97. The van der Waals surface area contributed by atoms with Gasteiger partial charge in [-0.2, -0.15) is 4.72 Å². The highest BCUT2D eigenvalue weighted by atomic mass is 32.2. The number of hydrogen-bond acceptors (Lipinski definition) is 1. The van der Waals surface area contributed by atoms with E-state index >= 15 is 0 Å². The van der Waals surface area contributed by atoms with Crippen molar-refractivity contribution in [3.8, 4) is 0 Å². The number of nitrogens with zero attached hydrogens (tertiary/aromatic N) is 1. The van der Waals surface area contributed by atoms with Crippen molar-refractivity contribution in [3.63, 3.8) is 0 Å². The zero-order chi connectivity index (χ0) is 9.90. The van der Waals surface area contributed by atoms with Crippen molar-refractivity contribution in [2.75, 3.05) is 0 Å². The Bertz CT molecular complexity index is 263.